The average molecular weight is 283 g/mol. The van der Waals surface area contributed by atoms with Crippen LogP contribution in [0.25, 0.3) is 0 Å². The van der Waals surface area contributed by atoms with E-state index in [9.17, 15) is 5.11 Å². The Hall–Kier alpha value is -1.33. The number of aryl methyl sites for hydroxylation is 2. The van der Waals surface area contributed by atoms with Gasteiger partial charge in [0, 0.05) is 31.3 Å². The van der Waals surface area contributed by atoms with Crippen LogP contribution < -0.4 is 0 Å². The number of aromatic nitrogens is 4. The van der Waals surface area contributed by atoms with E-state index in [4.69, 9.17) is 11.6 Å². The number of aliphatic hydroxyl groups excluding tert-OH is 1. The molecule has 2 aromatic heterocycles. The smallest absolute Gasteiger partial charge is 0.0876 e. The fraction of sp³-hybridized carbons (Fsp3) is 0.538. The zero-order valence-electron chi connectivity index (χ0n) is 11.6. The first-order chi connectivity index (χ1) is 8.90. The molecule has 0 aliphatic rings. The van der Waals surface area contributed by atoms with Crippen LogP contribution in [0.2, 0.25) is 5.02 Å². The quantitative estimate of drug-likeness (QED) is 0.937. The standard InChI is InChI=1S/C13H19ClN4O/c1-8(2)18-7-10(6-15-18)12(19)5-11-13(14)9(3)16-17(11)4/h6-8,12,19H,5H2,1-4H3. The zero-order valence-corrected chi connectivity index (χ0v) is 12.4. The molecule has 0 amide bonds. The van der Waals surface area contributed by atoms with E-state index in [0.717, 1.165) is 17.0 Å². The summed E-state index contributed by atoms with van der Waals surface area (Å²) in [7, 11) is 1.83. The number of aliphatic hydroxyl groups is 1. The van der Waals surface area contributed by atoms with Crippen molar-refractivity contribution in [3.05, 3.63) is 34.4 Å². The van der Waals surface area contributed by atoms with Gasteiger partial charge >= 0.3 is 0 Å². The first kappa shape index (κ1) is 14.1. The van der Waals surface area contributed by atoms with Crippen LogP contribution in [-0.4, -0.2) is 24.7 Å². The van der Waals surface area contributed by atoms with Gasteiger partial charge in [-0.05, 0) is 20.8 Å². The third-order valence-electron chi connectivity index (χ3n) is 3.18. The zero-order chi connectivity index (χ0) is 14.2. The Morgan fingerprint density at radius 1 is 1.42 bits per heavy atom. The summed E-state index contributed by atoms with van der Waals surface area (Å²) in [5, 5.41) is 19.4. The van der Waals surface area contributed by atoms with Gasteiger partial charge in [-0.15, -0.1) is 0 Å². The highest BCUT2D eigenvalue weighted by molar-refractivity contribution is 6.31. The highest BCUT2D eigenvalue weighted by Crippen LogP contribution is 2.25. The molecule has 1 unspecified atom stereocenters. The molecule has 0 saturated heterocycles. The average Bonchev–Trinajstić information content (AvgIpc) is 2.91. The number of nitrogens with zero attached hydrogens (tertiary/aromatic N) is 4. The van der Waals surface area contributed by atoms with Crippen LogP contribution >= 0.6 is 11.6 Å². The van der Waals surface area contributed by atoms with Crippen molar-refractivity contribution in [3.8, 4) is 0 Å². The molecule has 104 valence electrons. The van der Waals surface area contributed by atoms with Crippen LogP contribution in [0.15, 0.2) is 12.4 Å². The van der Waals surface area contributed by atoms with Gasteiger partial charge in [-0.3, -0.25) is 9.36 Å². The topological polar surface area (TPSA) is 55.9 Å². The summed E-state index contributed by atoms with van der Waals surface area (Å²) in [5.41, 5.74) is 2.41. The predicted molar refractivity (Wildman–Crippen MR) is 74.2 cm³/mol. The molecule has 0 bridgehead atoms. The molecular weight excluding hydrogens is 264 g/mol. The van der Waals surface area contributed by atoms with E-state index in [-0.39, 0.29) is 6.04 Å². The van der Waals surface area contributed by atoms with Crippen LogP contribution in [0.3, 0.4) is 0 Å². The lowest BCUT2D eigenvalue weighted by Gasteiger charge is -2.09. The summed E-state index contributed by atoms with van der Waals surface area (Å²) in [5.74, 6) is 0. The largest absolute Gasteiger partial charge is 0.388 e. The maximum atomic E-state index is 10.3. The number of halogens is 1. The Morgan fingerprint density at radius 2 is 2.11 bits per heavy atom. The Labute approximate surface area is 117 Å². The van der Waals surface area contributed by atoms with E-state index in [2.05, 4.69) is 10.2 Å². The molecule has 1 atom stereocenters. The summed E-state index contributed by atoms with van der Waals surface area (Å²) in [6.45, 7) is 5.95. The molecule has 0 aliphatic heterocycles. The molecule has 0 spiro atoms. The lowest BCUT2D eigenvalue weighted by Crippen LogP contribution is -2.06. The fourth-order valence-electron chi connectivity index (χ4n) is 2.01. The SMILES string of the molecule is Cc1nn(C)c(CC(O)c2cnn(C(C)C)c2)c1Cl. The van der Waals surface area contributed by atoms with Crippen molar-refractivity contribution in [2.24, 2.45) is 7.05 Å². The summed E-state index contributed by atoms with van der Waals surface area (Å²) in [4.78, 5) is 0. The van der Waals surface area contributed by atoms with Crippen molar-refractivity contribution in [1.82, 2.24) is 19.6 Å². The lowest BCUT2D eigenvalue weighted by atomic mass is 10.1. The van der Waals surface area contributed by atoms with Gasteiger partial charge in [-0.25, -0.2) is 0 Å². The van der Waals surface area contributed by atoms with E-state index >= 15 is 0 Å². The lowest BCUT2D eigenvalue weighted by molar-refractivity contribution is 0.175. The van der Waals surface area contributed by atoms with E-state index in [0.29, 0.717) is 11.4 Å². The highest BCUT2D eigenvalue weighted by atomic mass is 35.5. The molecule has 0 radical (unpaired) electrons. The van der Waals surface area contributed by atoms with E-state index in [1.807, 2.05) is 38.7 Å². The minimum absolute atomic E-state index is 0.281. The van der Waals surface area contributed by atoms with Gasteiger partial charge in [-0.1, -0.05) is 11.6 Å². The normalized spacial score (nSPS) is 13.2. The second kappa shape index (κ2) is 5.35. The molecule has 0 fully saturated rings. The molecule has 2 rings (SSSR count). The Morgan fingerprint density at radius 3 is 2.58 bits per heavy atom. The van der Waals surface area contributed by atoms with Gasteiger partial charge < -0.3 is 5.11 Å². The number of hydrogen-bond donors (Lipinski definition) is 1. The molecule has 0 saturated carbocycles. The van der Waals surface area contributed by atoms with Crippen LogP contribution in [0, 0.1) is 6.92 Å². The van der Waals surface area contributed by atoms with Crippen molar-refractivity contribution in [2.75, 3.05) is 0 Å². The predicted octanol–water partition coefficient (Wildman–Crippen LogP) is 2.44. The summed E-state index contributed by atoms with van der Waals surface area (Å²) < 4.78 is 3.54. The first-order valence-electron chi connectivity index (χ1n) is 6.30. The highest BCUT2D eigenvalue weighted by Gasteiger charge is 2.18. The van der Waals surface area contributed by atoms with Gasteiger partial charge in [0.15, 0.2) is 0 Å². The maximum absolute atomic E-state index is 10.3. The summed E-state index contributed by atoms with van der Waals surface area (Å²) >= 11 is 6.19. The Balaban J connectivity index is 2.18. The minimum Gasteiger partial charge on any atom is -0.388 e. The van der Waals surface area contributed by atoms with Gasteiger partial charge in [0.05, 0.1) is 28.7 Å². The van der Waals surface area contributed by atoms with E-state index < -0.39 is 6.10 Å². The van der Waals surface area contributed by atoms with E-state index in [1.54, 1.807) is 10.9 Å². The van der Waals surface area contributed by atoms with Gasteiger partial charge in [-0.2, -0.15) is 10.2 Å². The molecule has 19 heavy (non-hydrogen) atoms. The first-order valence-corrected chi connectivity index (χ1v) is 6.68. The number of rotatable bonds is 4. The monoisotopic (exact) mass is 282 g/mol. The summed E-state index contributed by atoms with van der Waals surface area (Å²) in [6.07, 6.45) is 3.37. The van der Waals surface area contributed by atoms with E-state index in [1.165, 1.54) is 0 Å². The molecule has 2 heterocycles. The van der Waals surface area contributed by atoms with Gasteiger partial charge in [0.1, 0.15) is 0 Å². The summed E-state index contributed by atoms with van der Waals surface area (Å²) in [6, 6.07) is 0.281. The second-order valence-electron chi connectivity index (χ2n) is 5.04. The van der Waals surface area contributed by atoms with Crippen molar-refractivity contribution in [3.63, 3.8) is 0 Å². The van der Waals surface area contributed by atoms with Crippen LogP contribution in [0.1, 0.15) is 42.9 Å². The molecule has 0 aliphatic carbocycles. The fourth-order valence-corrected chi connectivity index (χ4v) is 2.25. The maximum Gasteiger partial charge on any atom is 0.0876 e. The van der Waals surface area contributed by atoms with Crippen molar-refractivity contribution in [1.29, 1.82) is 0 Å². The molecule has 5 nitrogen and oxygen atoms in total. The van der Waals surface area contributed by atoms with Crippen LogP contribution in [0.4, 0.5) is 0 Å². The molecule has 1 N–H and O–H groups in total. The Kier molecular flexibility index (Phi) is 3.96. The van der Waals surface area contributed by atoms with Crippen molar-refractivity contribution < 1.29 is 5.11 Å². The Bertz CT molecular complexity index is 573. The second-order valence-corrected chi connectivity index (χ2v) is 5.42. The molecule has 2 aromatic rings. The third-order valence-corrected chi connectivity index (χ3v) is 3.68. The van der Waals surface area contributed by atoms with Crippen molar-refractivity contribution in [2.45, 2.75) is 39.3 Å². The number of hydrogen-bond acceptors (Lipinski definition) is 3. The van der Waals surface area contributed by atoms with Gasteiger partial charge in [0.25, 0.3) is 0 Å². The molecular formula is C13H19ClN4O. The van der Waals surface area contributed by atoms with Crippen molar-refractivity contribution >= 4 is 11.6 Å². The van der Waals surface area contributed by atoms with Crippen LogP contribution in [0.5, 0.6) is 0 Å². The third kappa shape index (κ3) is 2.82. The van der Waals surface area contributed by atoms with Crippen LogP contribution in [-0.2, 0) is 13.5 Å². The molecule has 0 aromatic carbocycles. The van der Waals surface area contributed by atoms with Gasteiger partial charge in [0.2, 0.25) is 0 Å². The minimum atomic E-state index is -0.625. The molecule has 6 heteroatoms.